The number of hydrogen-bond acceptors (Lipinski definition) is 2. The van der Waals surface area contributed by atoms with Crippen LogP contribution < -0.4 is 4.74 Å². The normalized spacial score (nSPS) is 24.3. The summed E-state index contributed by atoms with van der Waals surface area (Å²) in [5.74, 6) is 1.31. The Labute approximate surface area is 177 Å². The maximum atomic E-state index is 14.3. The van der Waals surface area contributed by atoms with Gasteiger partial charge in [-0.2, -0.15) is 13.2 Å². The monoisotopic (exact) mass is 419 g/mol. The lowest BCUT2D eigenvalue weighted by molar-refractivity contribution is -0.138. The van der Waals surface area contributed by atoms with Gasteiger partial charge in [-0.25, -0.2) is 0 Å². The molecule has 0 bridgehead atoms. The number of benzene rings is 2. The molecule has 2 fully saturated rings. The van der Waals surface area contributed by atoms with Crippen LogP contribution in [0.4, 0.5) is 13.2 Å². The fourth-order valence-corrected chi connectivity index (χ4v) is 4.94. The minimum Gasteiger partial charge on any atom is -0.490 e. The quantitative estimate of drug-likeness (QED) is 0.527. The molecule has 0 N–H and O–H groups in total. The third-order valence-corrected chi connectivity index (χ3v) is 6.90. The van der Waals surface area contributed by atoms with Gasteiger partial charge in [-0.3, -0.25) is 4.90 Å². The van der Waals surface area contributed by atoms with E-state index in [1.807, 2.05) is 12.1 Å². The number of hydrogen-bond donors (Lipinski definition) is 0. The second-order valence-electron chi connectivity index (χ2n) is 9.41. The smallest absolute Gasteiger partial charge is 0.420 e. The fourth-order valence-electron chi connectivity index (χ4n) is 4.94. The summed E-state index contributed by atoms with van der Waals surface area (Å²) in [4.78, 5) is 2.28. The van der Waals surface area contributed by atoms with Crippen LogP contribution in [0, 0.1) is 11.8 Å². The van der Waals surface area contributed by atoms with Gasteiger partial charge in [-0.1, -0.05) is 38.1 Å². The molecule has 1 heterocycles. The highest BCUT2D eigenvalue weighted by Gasteiger charge is 2.38. The van der Waals surface area contributed by atoms with Crippen molar-refractivity contribution in [1.29, 1.82) is 0 Å². The van der Waals surface area contributed by atoms with Crippen molar-refractivity contribution in [3.63, 3.8) is 0 Å². The summed E-state index contributed by atoms with van der Waals surface area (Å²) in [6.07, 6.45) is 1.29. The zero-order chi connectivity index (χ0) is 21.3. The van der Waals surface area contributed by atoms with Gasteiger partial charge in [0.2, 0.25) is 0 Å². The highest BCUT2D eigenvalue weighted by atomic mass is 19.4. The van der Waals surface area contributed by atoms with Crippen LogP contribution >= 0.6 is 0 Å². The van der Waals surface area contributed by atoms with Crippen molar-refractivity contribution in [2.45, 2.75) is 71.2 Å². The summed E-state index contributed by atoms with van der Waals surface area (Å²) >= 11 is 0. The summed E-state index contributed by atoms with van der Waals surface area (Å²) < 4.78 is 48.9. The fraction of sp³-hybridized carbons (Fsp3) is 0.600. The molecule has 0 atom stereocenters. The number of fused-ring (bicyclic) bond motifs is 1. The number of ether oxygens (including phenoxy) is 1. The summed E-state index contributed by atoms with van der Waals surface area (Å²) in [5.41, 5.74) is 0.150. The highest BCUT2D eigenvalue weighted by Crippen LogP contribution is 2.44. The summed E-state index contributed by atoms with van der Waals surface area (Å²) in [7, 11) is 0. The number of likely N-dealkylation sites (tertiary alicyclic amines) is 1. The number of alkyl halides is 3. The van der Waals surface area contributed by atoms with Crippen molar-refractivity contribution in [3.05, 3.63) is 41.5 Å². The third-order valence-electron chi connectivity index (χ3n) is 6.90. The van der Waals surface area contributed by atoms with E-state index >= 15 is 0 Å². The minimum atomic E-state index is -4.46. The Morgan fingerprint density at radius 3 is 2.23 bits per heavy atom. The second kappa shape index (κ2) is 8.78. The van der Waals surface area contributed by atoms with Crippen LogP contribution in [0.2, 0.25) is 0 Å². The Morgan fingerprint density at radius 2 is 1.57 bits per heavy atom. The van der Waals surface area contributed by atoms with Crippen LogP contribution in [0.5, 0.6) is 5.75 Å². The Hall–Kier alpha value is -1.75. The lowest BCUT2D eigenvalue weighted by Crippen LogP contribution is -2.32. The molecule has 2 aliphatic rings. The van der Waals surface area contributed by atoms with Crippen molar-refractivity contribution in [1.82, 2.24) is 4.90 Å². The molecule has 0 unspecified atom stereocenters. The second-order valence-corrected chi connectivity index (χ2v) is 9.41. The van der Waals surface area contributed by atoms with Crippen LogP contribution in [0.25, 0.3) is 10.8 Å². The predicted molar refractivity (Wildman–Crippen MR) is 115 cm³/mol. The molecule has 0 spiro atoms. The molecule has 2 aromatic rings. The average molecular weight is 420 g/mol. The molecular weight excluding hydrogens is 387 g/mol. The van der Waals surface area contributed by atoms with Crippen LogP contribution in [0.3, 0.4) is 0 Å². The molecule has 164 valence electrons. The Bertz CT molecular complexity index is 863. The van der Waals surface area contributed by atoms with Crippen LogP contribution in [-0.2, 0) is 12.7 Å². The summed E-state index contributed by atoms with van der Waals surface area (Å²) in [5, 5.41) is 0.945. The van der Waals surface area contributed by atoms with E-state index in [9.17, 15) is 13.2 Å². The Balaban J connectivity index is 1.70. The maximum absolute atomic E-state index is 14.3. The summed E-state index contributed by atoms with van der Waals surface area (Å²) in [6.45, 7) is 6.87. The molecule has 4 rings (SSSR count). The molecule has 1 saturated heterocycles. The van der Waals surface area contributed by atoms with E-state index in [1.165, 1.54) is 6.07 Å². The van der Waals surface area contributed by atoms with Gasteiger partial charge < -0.3 is 4.74 Å². The van der Waals surface area contributed by atoms with Gasteiger partial charge >= 0.3 is 6.18 Å². The van der Waals surface area contributed by atoms with Crippen molar-refractivity contribution < 1.29 is 17.9 Å². The van der Waals surface area contributed by atoms with Crippen molar-refractivity contribution in [2.75, 3.05) is 13.1 Å². The van der Waals surface area contributed by atoms with Crippen molar-refractivity contribution in [3.8, 4) is 5.75 Å². The zero-order valence-electron chi connectivity index (χ0n) is 18.0. The minimum absolute atomic E-state index is 0.00531. The molecule has 2 nitrogen and oxygen atoms in total. The number of rotatable bonds is 4. The van der Waals surface area contributed by atoms with Crippen LogP contribution in [0.15, 0.2) is 30.3 Å². The molecule has 30 heavy (non-hydrogen) atoms. The average Bonchev–Trinajstić information content (AvgIpc) is 2.71. The number of piperidine rings is 1. The molecule has 0 amide bonds. The standard InChI is InChI=1S/C25H32F3NO/c1-17-6-9-21(10-7-17)30-22-11-8-19-4-3-5-20(23(19)24(22)25(26,27)28)16-29-14-12-18(2)13-15-29/h3-5,8,11,17-18,21H,6-7,9-10,12-16H2,1-2H3. The van der Waals surface area contributed by atoms with Gasteiger partial charge in [0, 0.05) is 11.9 Å². The molecule has 2 aromatic carbocycles. The van der Waals surface area contributed by atoms with Gasteiger partial charge in [0.05, 0.1) is 6.10 Å². The third kappa shape index (κ3) is 4.77. The predicted octanol–water partition coefficient (Wildman–Crippen LogP) is 7.05. The SMILES string of the molecule is CC1CCC(Oc2ccc3cccc(CN4CCC(C)CC4)c3c2C(F)(F)F)CC1. The number of nitrogens with zero attached hydrogens (tertiary/aromatic N) is 1. The Morgan fingerprint density at radius 1 is 0.900 bits per heavy atom. The molecule has 1 saturated carbocycles. The number of halogens is 3. The lowest BCUT2D eigenvalue weighted by atomic mass is 9.89. The molecule has 5 heteroatoms. The van der Waals surface area contributed by atoms with E-state index in [2.05, 4.69) is 18.7 Å². The topological polar surface area (TPSA) is 12.5 Å². The first-order valence-electron chi connectivity index (χ1n) is 11.3. The van der Waals surface area contributed by atoms with Crippen molar-refractivity contribution in [2.24, 2.45) is 11.8 Å². The molecule has 1 aliphatic heterocycles. The van der Waals surface area contributed by atoms with Gasteiger partial charge in [0.15, 0.2) is 0 Å². The van der Waals surface area contributed by atoms with Crippen molar-refractivity contribution >= 4 is 10.8 Å². The lowest BCUT2D eigenvalue weighted by Gasteiger charge is -2.31. The van der Waals surface area contributed by atoms with E-state index in [-0.39, 0.29) is 11.9 Å². The van der Waals surface area contributed by atoms with Gasteiger partial charge in [-0.15, -0.1) is 0 Å². The van der Waals surface area contributed by atoms with Gasteiger partial charge in [-0.05, 0) is 80.5 Å². The molecule has 0 radical (unpaired) electrons. The van der Waals surface area contributed by atoms with Crippen LogP contribution in [-0.4, -0.2) is 24.1 Å². The Kier molecular flexibility index (Phi) is 6.29. The first-order chi connectivity index (χ1) is 14.3. The molecule has 0 aromatic heterocycles. The molecular formula is C25H32F3NO. The maximum Gasteiger partial charge on any atom is 0.420 e. The van der Waals surface area contributed by atoms with Gasteiger partial charge in [0.25, 0.3) is 0 Å². The van der Waals surface area contributed by atoms with E-state index in [4.69, 9.17) is 4.74 Å². The molecule has 1 aliphatic carbocycles. The van der Waals surface area contributed by atoms with E-state index in [0.29, 0.717) is 29.2 Å². The first kappa shape index (κ1) is 21.5. The largest absolute Gasteiger partial charge is 0.490 e. The van der Waals surface area contributed by atoms with E-state index < -0.39 is 11.7 Å². The highest BCUT2D eigenvalue weighted by molar-refractivity contribution is 5.91. The summed E-state index contributed by atoms with van der Waals surface area (Å²) in [6, 6.07) is 8.80. The van der Waals surface area contributed by atoms with Gasteiger partial charge in [0.1, 0.15) is 11.3 Å². The zero-order valence-corrected chi connectivity index (χ0v) is 18.0. The van der Waals surface area contributed by atoms with E-state index in [0.717, 1.165) is 57.2 Å². The van der Waals surface area contributed by atoms with Crippen LogP contribution in [0.1, 0.15) is 63.5 Å². The first-order valence-corrected chi connectivity index (χ1v) is 11.3. The van der Waals surface area contributed by atoms with E-state index in [1.54, 1.807) is 12.1 Å².